The van der Waals surface area contributed by atoms with Gasteiger partial charge in [-0.3, -0.25) is 14.4 Å². The Balaban J connectivity index is 1.57. The average molecular weight is 481 g/mol. The number of ether oxygens (including phenoxy) is 1. The lowest BCUT2D eigenvalue weighted by atomic mass is 10.00. The number of hydrogen-bond donors (Lipinski definition) is 2. The first-order valence-corrected chi connectivity index (χ1v) is 11.9. The molecule has 3 aromatic rings. The van der Waals surface area contributed by atoms with Crippen LogP contribution in [0.15, 0.2) is 89.8 Å². The van der Waals surface area contributed by atoms with E-state index >= 15 is 0 Å². The fraction of sp³-hybridized carbons (Fsp3) is 0.160. The van der Waals surface area contributed by atoms with Crippen molar-refractivity contribution in [2.45, 2.75) is 17.9 Å². The molecular formula is C25H24N2O6S. The summed E-state index contributed by atoms with van der Waals surface area (Å²) in [6, 6.07) is 23.1. The van der Waals surface area contributed by atoms with Gasteiger partial charge in [-0.25, -0.2) is 13.1 Å². The molecule has 176 valence electrons. The second kappa shape index (κ2) is 11.4. The van der Waals surface area contributed by atoms with Gasteiger partial charge in [0.05, 0.1) is 11.4 Å². The Morgan fingerprint density at radius 2 is 1.41 bits per heavy atom. The topological polar surface area (TPSA) is 119 Å². The summed E-state index contributed by atoms with van der Waals surface area (Å²) in [6.07, 6.45) is -1.19. The predicted molar refractivity (Wildman–Crippen MR) is 125 cm³/mol. The average Bonchev–Trinajstić information content (AvgIpc) is 2.86. The first-order chi connectivity index (χ1) is 16.3. The summed E-state index contributed by atoms with van der Waals surface area (Å²) in [5.74, 6) is -1.97. The highest BCUT2D eigenvalue weighted by Crippen LogP contribution is 2.22. The highest BCUT2D eigenvalue weighted by Gasteiger charge is 2.26. The van der Waals surface area contributed by atoms with Gasteiger partial charge in [-0.2, -0.15) is 0 Å². The van der Waals surface area contributed by atoms with E-state index in [1.54, 1.807) is 72.8 Å². The molecular weight excluding hydrogens is 456 g/mol. The zero-order valence-corrected chi connectivity index (χ0v) is 19.2. The van der Waals surface area contributed by atoms with E-state index in [0.29, 0.717) is 11.1 Å². The Morgan fingerprint density at radius 1 is 0.824 bits per heavy atom. The Bertz CT molecular complexity index is 1240. The van der Waals surface area contributed by atoms with Crippen molar-refractivity contribution in [3.05, 3.63) is 102 Å². The minimum absolute atomic E-state index is 0.0236. The number of carbonyl (C=O) groups excluding carboxylic acids is 3. The van der Waals surface area contributed by atoms with Crippen LogP contribution in [-0.4, -0.2) is 39.2 Å². The van der Waals surface area contributed by atoms with Gasteiger partial charge in [0, 0.05) is 11.1 Å². The standard InChI is InChI=1S/C25H24N2O6S/c1-18-12-14-21(15-13-18)34(31,32)27-16-22(28)26-17-23(29)33-25(20-10-6-3-7-11-20)24(30)19-8-4-2-5-9-19/h2-15,25,27H,16-17H2,1H3,(H,26,28). The van der Waals surface area contributed by atoms with Gasteiger partial charge in [0.1, 0.15) is 6.54 Å². The highest BCUT2D eigenvalue weighted by molar-refractivity contribution is 7.89. The second-order valence-electron chi connectivity index (χ2n) is 7.43. The zero-order chi connectivity index (χ0) is 24.6. The number of Topliss-reactive ketones (excluding diaryl/α,β-unsaturated/α-hetero) is 1. The summed E-state index contributed by atoms with van der Waals surface area (Å²) in [4.78, 5) is 37.4. The maximum Gasteiger partial charge on any atom is 0.326 e. The fourth-order valence-corrected chi connectivity index (χ4v) is 4.00. The van der Waals surface area contributed by atoms with Crippen molar-refractivity contribution in [2.24, 2.45) is 0 Å². The van der Waals surface area contributed by atoms with E-state index in [-0.39, 0.29) is 4.90 Å². The van der Waals surface area contributed by atoms with Crippen LogP contribution in [0.4, 0.5) is 0 Å². The molecule has 3 aromatic carbocycles. The highest BCUT2D eigenvalue weighted by atomic mass is 32.2. The van der Waals surface area contributed by atoms with Crippen LogP contribution in [0.2, 0.25) is 0 Å². The van der Waals surface area contributed by atoms with E-state index in [2.05, 4.69) is 10.0 Å². The quantitative estimate of drug-likeness (QED) is 0.340. The number of rotatable bonds is 10. The van der Waals surface area contributed by atoms with Gasteiger partial charge in [-0.15, -0.1) is 0 Å². The molecule has 0 spiro atoms. The molecule has 0 radical (unpaired) electrons. The molecule has 8 nitrogen and oxygen atoms in total. The molecule has 1 atom stereocenters. The van der Waals surface area contributed by atoms with Crippen LogP contribution in [0.3, 0.4) is 0 Å². The Morgan fingerprint density at radius 3 is 2.03 bits per heavy atom. The third-order valence-corrected chi connectivity index (χ3v) is 6.25. The molecule has 2 N–H and O–H groups in total. The van der Waals surface area contributed by atoms with Crippen molar-refractivity contribution >= 4 is 27.7 Å². The lowest BCUT2D eigenvalue weighted by molar-refractivity contribution is -0.147. The number of nitrogens with one attached hydrogen (secondary N) is 2. The van der Waals surface area contributed by atoms with Crippen molar-refractivity contribution in [1.29, 1.82) is 0 Å². The fourth-order valence-electron chi connectivity index (χ4n) is 3.02. The Labute approximate surface area is 198 Å². The summed E-state index contributed by atoms with van der Waals surface area (Å²) < 4.78 is 32.1. The molecule has 0 aromatic heterocycles. The summed E-state index contributed by atoms with van der Waals surface area (Å²) in [6.45, 7) is 0.733. The number of sulfonamides is 1. The number of benzene rings is 3. The number of amides is 1. The molecule has 0 bridgehead atoms. The lowest BCUT2D eigenvalue weighted by Crippen LogP contribution is -2.39. The van der Waals surface area contributed by atoms with Crippen molar-refractivity contribution in [1.82, 2.24) is 10.0 Å². The molecule has 9 heteroatoms. The summed E-state index contributed by atoms with van der Waals surface area (Å²) >= 11 is 0. The Hall–Kier alpha value is -3.82. The Kier molecular flexibility index (Phi) is 8.29. The summed E-state index contributed by atoms with van der Waals surface area (Å²) in [7, 11) is -3.88. The van der Waals surface area contributed by atoms with E-state index in [1.165, 1.54) is 12.1 Å². The van der Waals surface area contributed by atoms with Gasteiger partial charge in [0.15, 0.2) is 6.10 Å². The number of carbonyl (C=O) groups is 3. The molecule has 1 amide bonds. The van der Waals surface area contributed by atoms with Crippen LogP contribution in [0.1, 0.15) is 27.6 Å². The number of esters is 1. The first kappa shape index (κ1) is 24.8. The third-order valence-electron chi connectivity index (χ3n) is 4.83. The van der Waals surface area contributed by atoms with Crippen LogP contribution < -0.4 is 10.0 Å². The molecule has 0 aliphatic rings. The normalized spacial score (nSPS) is 11.9. The van der Waals surface area contributed by atoms with E-state index < -0.39 is 46.9 Å². The molecule has 3 rings (SSSR count). The summed E-state index contributed by atoms with van der Waals surface area (Å²) in [5, 5.41) is 2.30. The molecule has 0 heterocycles. The van der Waals surface area contributed by atoms with E-state index in [0.717, 1.165) is 5.56 Å². The molecule has 0 aliphatic heterocycles. The van der Waals surface area contributed by atoms with Crippen LogP contribution in [-0.2, 0) is 24.3 Å². The smallest absolute Gasteiger partial charge is 0.326 e. The molecule has 0 saturated heterocycles. The molecule has 0 fully saturated rings. The summed E-state index contributed by atoms with van der Waals surface area (Å²) in [5.41, 5.74) is 1.76. The third kappa shape index (κ3) is 6.84. The minimum atomic E-state index is -3.88. The predicted octanol–water partition coefficient (Wildman–Crippen LogP) is 2.56. The minimum Gasteiger partial charge on any atom is -0.448 e. The van der Waals surface area contributed by atoms with Gasteiger partial charge in [-0.05, 0) is 19.1 Å². The van der Waals surface area contributed by atoms with Gasteiger partial charge in [0.25, 0.3) is 0 Å². The number of aryl methyl sites for hydroxylation is 1. The molecule has 34 heavy (non-hydrogen) atoms. The van der Waals surface area contributed by atoms with Crippen molar-refractivity contribution in [2.75, 3.05) is 13.1 Å². The maximum atomic E-state index is 12.9. The largest absolute Gasteiger partial charge is 0.448 e. The van der Waals surface area contributed by atoms with Gasteiger partial charge >= 0.3 is 5.97 Å². The van der Waals surface area contributed by atoms with Gasteiger partial charge in [0.2, 0.25) is 21.7 Å². The maximum absolute atomic E-state index is 12.9. The molecule has 0 aliphatic carbocycles. The first-order valence-electron chi connectivity index (χ1n) is 10.4. The van der Waals surface area contributed by atoms with Gasteiger partial charge < -0.3 is 10.1 Å². The SMILES string of the molecule is Cc1ccc(S(=O)(=O)NCC(=O)NCC(=O)OC(C(=O)c2ccccc2)c2ccccc2)cc1. The lowest BCUT2D eigenvalue weighted by Gasteiger charge is -2.17. The van der Waals surface area contributed by atoms with Crippen LogP contribution in [0.25, 0.3) is 0 Å². The molecule has 0 saturated carbocycles. The van der Waals surface area contributed by atoms with Crippen molar-refractivity contribution in [3.8, 4) is 0 Å². The molecule has 1 unspecified atom stereocenters. The second-order valence-corrected chi connectivity index (χ2v) is 9.19. The van der Waals surface area contributed by atoms with Gasteiger partial charge in [-0.1, -0.05) is 78.4 Å². The van der Waals surface area contributed by atoms with E-state index in [1.807, 2.05) is 6.92 Å². The number of ketones is 1. The van der Waals surface area contributed by atoms with Crippen molar-refractivity contribution < 1.29 is 27.5 Å². The van der Waals surface area contributed by atoms with Crippen LogP contribution in [0.5, 0.6) is 0 Å². The van der Waals surface area contributed by atoms with E-state index in [9.17, 15) is 22.8 Å². The van der Waals surface area contributed by atoms with E-state index in [4.69, 9.17) is 4.74 Å². The van der Waals surface area contributed by atoms with Crippen molar-refractivity contribution in [3.63, 3.8) is 0 Å². The van der Waals surface area contributed by atoms with Crippen LogP contribution in [0, 0.1) is 6.92 Å². The zero-order valence-electron chi connectivity index (χ0n) is 18.4. The monoisotopic (exact) mass is 480 g/mol. The number of hydrogen-bond acceptors (Lipinski definition) is 6. The van der Waals surface area contributed by atoms with Crippen LogP contribution >= 0.6 is 0 Å².